The van der Waals surface area contributed by atoms with Gasteiger partial charge >= 0.3 is 0 Å². The Morgan fingerprint density at radius 3 is 2.65 bits per heavy atom. The molecule has 0 saturated heterocycles. The summed E-state index contributed by atoms with van der Waals surface area (Å²) in [4.78, 5) is 2.85. The molecule has 160 valence electrons. The molecular formula is C23H23FN4O2S. The van der Waals surface area contributed by atoms with E-state index < -0.39 is 15.8 Å². The fourth-order valence-electron chi connectivity index (χ4n) is 3.85. The van der Waals surface area contributed by atoms with Gasteiger partial charge in [0.1, 0.15) is 5.82 Å². The Morgan fingerprint density at radius 1 is 1.19 bits per heavy atom. The van der Waals surface area contributed by atoms with Gasteiger partial charge in [-0.25, -0.2) is 17.5 Å². The minimum absolute atomic E-state index is 0.276. The Morgan fingerprint density at radius 2 is 1.97 bits per heavy atom. The van der Waals surface area contributed by atoms with Crippen LogP contribution in [0.1, 0.15) is 31.7 Å². The molecule has 0 radical (unpaired) electrons. The van der Waals surface area contributed by atoms with Crippen LogP contribution < -0.4 is 4.72 Å². The van der Waals surface area contributed by atoms with Gasteiger partial charge in [0.25, 0.3) is 0 Å². The number of hydrogen-bond acceptors (Lipinski definition) is 3. The molecule has 2 N–H and O–H groups in total. The molecule has 6 nitrogen and oxygen atoms in total. The van der Waals surface area contributed by atoms with Gasteiger partial charge in [-0.3, -0.25) is 4.72 Å². The molecule has 0 atom stereocenters. The highest BCUT2D eigenvalue weighted by Crippen LogP contribution is 2.34. The molecular weight excluding hydrogens is 415 g/mol. The third-order valence-electron chi connectivity index (χ3n) is 6.01. The van der Waals surface area contributed by atoms with Gasteiger partial charge in [-0.2, -0.15) is 5.10 Å². The quantitative estimate of drug-likeness (QED) is 0.444. The normalized spacial score (nSPS) is 14.6. The lowest BCUT2D eigenvalue weighted by molar-refractivity contribution is 0.480. The predicted molar refractivity (Wildman–Crippen MR) is 120 cm³/mol. The number of aryl methyl sites for hydroxylation is 1. The number of rotatable bonds is 6. The van der Waals surface area contributed by atoms with Crippen LogP contribution in [0.2, 0.25) is 0 Å². The number of aromatic amines is 1. The van der Waals surface area contributed by atoms with E-state index in [0.29, 0.717) is 29.5 Å². The average molecular weight is 439 g/mol. The smallest absolute Gasteiger partial charge is 0.235 e. The summed E-state index contributed by atoms with van der Waals surface area (Å²) >= 11 is 0. The van der Waals surface area contributed by atoms with Crippen LogP contribution in [-0.4, -0.2) is 28.4 Å². The maximum Gasteiger partial charge on any atom is 0.235 e. The van der Waals surface area contributed by atoms with Crippen molar-refractivity contribution in [2.24, 2.45) is 0 Å². The second kappa shape index (κ2) is 7.53. The van der Waals surface area contributed by atoms with Gasteiger partial charge in [0.15, 0.2) is 0 Å². The van der Waals surface area contributed by atoms with Gasteiger partial charge in [-0.05, 0) is 54.7 Å². The van der Waals surface area contributed by atoms with E-state index in [0.717, 1.165) is 24.1 Å². The summed E-state index contributed by atoms with van der Waals surface area (Å²) in [5, 5.41) is 4.54. The largest absolute Gasteiger partial charge is 0.357 e. The molecule has 0 bridgehead atoms. The van der Waals surface area contributed by atoms with Crippen molar-refractivity contribution in [3.05, 3.63) is 66.4 Å². The molecule has 0 unspecified atom stereocenters. The molecule has 4 aromatic rings. The summed E-state index contributed by atoms with van der Waals surface area (Å²) in [7, 11) is -3.47. The fraction of sp³-hybridized carbons (Fsp3) is 0.261. The van der Waals surface area contributed by atoms with Crippen molar-refractivity contribution in [1.29, 1.82) is 0 Å². The summed E-state index contributed by atoms with van der Waals surface area (Å²) in [6.07, 6.45) is 8.24. The lowest BCUT2D eigenvalue weighted by Gasteiger charge is -2.25. The molecule has 1 fully saturated rings. The van der Waals surface area contributed by atoms with E-state index in [1.54, 1.807) is 16.9 Å². The number of benzene rings is 2. The van der Waals surface area contributed by atoms with Gasteiger partial charge in [-0.1, -0.05) is 25.5 Å². The highest BCUT2D eigenvalue weighted by molar-refractivity contribution is 7.93. The van der Waals surface area contributed by atoms with E-state index in [-0.39, 0.29) is 10.8 Å². The first kappa shape index (κ1) is 19.8. The van der Waals surface area contributed by atoms with Crippen LogP contribution in [0.15, 0.2) is 55.0 Å². The van der Waals surface area contributed by atoms with Crippen LogP contribution in [0.5, 0.6) is 0 Å². The number of sulfonamides is 1. The molecule has 2 aromatic heterocycles. The predicted octanol–water partition coefficient (Wildman–Crippen LogP) is 5.02. The fourth-order valence-corrected chi connectivity index (χ4v) is 5.45. The Labute approximate surface area is 180 Å². The topological polar surface area (TPSA) is 79.8 Å². The number of H-pyrrole nitrogens is 1. The van der Waals surface area contributed by atoms with Crippen molar-refractivity contribution >= 4 is 26.6 Å². The minimum Gasteiger partial charge on any atom is -0.357 e. The van der Waals surface area contributed by atoms with Crippen LogP contribution in [0.25, 0.3) is 27.7 Å². The molecule has 0 aliphatic heterocycles. The lowest BCUT2D eigenvalue weighted by atomic mass is 10.0. The summed E-state index contributed by atoms with van der Waals surface area (Å²) in [6, 6.07) is 11.3. The highest BCUT2D eigenvalue weighted by Gasteiger charge is 2.31. The zero-order chi connectivity index (χ0) is 21.6. The lowest BCUT2D eigenvalue weighted by Crippen LogP contribution is -2.33. The SMILES string of the molecule is CCc1ccc(-n2cc(-c3cc(F)c4[nH]cc(NS(=O)(=O)C5CCC5)c4c3)cn2)cc1. The maximum atomic E-state index is 14.8. The molecule has 1 aliphatic rings. The van der Waals surface area contributed by atoms with Gasteiger partial charge < -0.3 is 4.98 Å². The third-order valence-corrected chi connectivity index (χ3v) is 7.86. The second-order valence-electron chi connectivity index (χ2n) is 7.98. The Hall–Kier alpha value is -3.13. The number of fused-ring (bicyclic) bond motifs is 1. The first-order chi connectivity index (χ1) is 14.9. The molecule has 0 spiro atoms. The van der Waals surface area contributed by atoms with E-state index >= 15 is 0 Å². The van der Waals surface area contributed by atoms with Crippen molar-refractivity contribution in [1.82, 2.24) is 14.8 Å². The number of halogens is 1. The van der Waals surface area contributed by atoms with Crippen molar-refractivity contribution in [2.75, 3.05) is 4.72 Å². The molecule has 8 heteroatoms. The van der Waals surface area contributed by atoms with Crippen LogP contribution in [0.3, 0.4) is 0 Å². The van der Waals surface area contributed by atoms with E-state index in [1.807, 2.05) is 18.3 Å². The van der Waals surface area contributed by atoms with Gasteiger partial charge in [0.05, 0.1) is 28.3 Å². The van der Waals surface area contributed by atoms with Crippen molar-refractivity contribution in [2.45, 2.75) is 37.9 Å². The Bertz CT molecular complexity index is 1350. The molecule has 5 rings (SSSR count). The molecule has 0 amide bonds. The van der Waals surface area contributed by atoms with Crippen LogP contribution >= 0.6 is 0 Å². The maximum absolute atomic E-state index is 14.8. The van der Waals surface area contributed by atoms with E-state index in [1.165, 1.54) is 17.8 Å². The minimum atomic E-state index is -3.47. The van der Waals surface area contributed by atoms with Crippen LogP contribution in [0.4, 0.5) is 10.1 Å². The summed E-state index contributed by atoms with van der Waals surface area (Å²) < 4.78 is 44.3. The van der Waals surface area contributed by atoms with Gasteiger partial charge in [-0.15, -0.1) is 0 Å². The molecule has 2 aromatic carbocycles. The number of nitrogens with zero attached hydrogens (tertiary/aromatic N) is 2. The summed E-state index contributed by atoms with van der Waals surface area (Å²) in [5.41, 5.74) is 4.18. The molecule has 2 heterocycles. The van der Waals surface area contributed by atoms with Gasteiger partial charge in [0, 0.05) is 23.3 Å². The van der Waals surface area contributed by atoms with E-state index in [4.69, 9.17) is 0 Å². The number of anilines is 1. The second-order valence-corrected chi connectivity index (χ2v) is 9.94. The van der Waals surface area contributed by atoms with Crippen molar-refractivity contribution in [3.8, 4) is 16.8 Å². The zero-order valence-corrected chi connectivity index (χ0v) is 17.9. The molecule has 1 saturated carbocycles. The first-order valence-corrected chi connectivity index (χ1v) is 12.0. The van der Waals surface area contributed by atoms with Crippen molar-refractivity contribution in [3.63, 3.8) is 0 Å². The number of aromatic nitrogens is 3. The van der Waals surface area contributed by atoms with Crippen LogP contribution in [-0.2, 0) is 16.4 Å². The first-order valence-electron chi connectivity index (χ1n) is 10.4. The van der Waals surface area contributed by atoms with Crippen LogP contribution in [0, 0.1) is 5.82 Å². The summed E-state index contributed by atoms with van der Waals surface area (Å²) in [6.45, 7) is 2.10. The Kier molecular flexibility index (Phi) is 4.81. The zero-order valence-electron chi connectivity index (χ0n) is 17.1. The molecule has 31 heavy (non-hydrogen) atoms. The number of nitrogens with one attached hydrogen (secondary N) is 2. The Balaban J connectivity index is 1.50. The number of hydrogen-bond donors (Lipinski definition) is 2. The van der Waals surface area contributed by atoms with E-state index in [9.17, 15) is 12.8 Å². The third kappa shape index (κ3) is 3.61. The average Bonchev–Trinajstić information content (AvgIpc) is 3.34. The van der Waals surface area contributed by atoms with Crippen molar-refractivity contribution < 1.29 is 12.8 Å². The monoisotopic (exact) mass is 438 g/mol. The standard InChI is InChI=1S/C23H23FN4O2S/c1-2-15-6-8-18(9-7-15)28-14-17(12-26-28)16-10-20-22(13-25-23(20)21(24)11-16)27-31(29,30)19-4-3-5-19/h6-14,19,25,27H,2-5H2,1H3. The highest BCUT2D eigenvalue weighted by atomic mass is 32.2. The summed E-state index contributed by atoms with van der Waals surface area (Å²) in [5.74, 6) is -0.443. The van der Waals surface area contributed by atoms with E-state index in [2.05, 4.69) is 33.9 Å². The van der Waals surface area contributed by atoms with Gasteiger partial charge in [0.2, 0.25) is 10.0 Å². The molecule has 1 aliphatic carbocycles.